The number of likely N-dealkylation sites (tertiary alicyclic amines) is 1. The Bertz CT molecular complexity index is 312. The minimum Gasteiger partial charge on any atom is -0.444 e. The maximum absolute atomic E-state index is 12.0. The summed E-state index contributed by atoms with van der Waals surface area (Å²) in [6, 6.07) is 0.538. The normalized spacial score (nSPS) is 22.7. The fourth-order valence-electron chi connectivity index (χ4n) is 2.40. The second-order valence-electron chi connectivity index (χ2n) is 7.16. The molecule has 0 aromatic rings. The summed E-state index contributed by atoms with van der Waals surface area (Å²) in [5, 5.41) is 3.60. The first-order valence-electron chi connectivity index (χ1n) is 7.94. The van der Waals surface area contributed by atoms with Crippen LogP contribution in [0.4, 0.5) is 4.79 Å². The third-order valence-corrected chi connectivity index (χ3v) is 4.16. The highest BCUT2D eigenvalue weighted by molar-refractivity contribution is 5.68. The summed E-state index contributed by atoms with van der Waals surface area (Å²) < 4.78 is 5.42. The molecule has 3 unspecified atom stereocenters. The zero-order valence-corrected chi connectivity index (χ0v) is 14.0. The Morgan fingerprint density at radius 3 is 2.60 bits per heavy atom. The van der Waals surface area contributed by atoms with E-state index < -0.39 is 5.60 Å². The quantitative estimate of drug-likeness (QED) is 0.842. The molecule has 1 rings (SSSR count). The summed E-state index contributed by atoms with van der Waals surface area (Å²) >= 11 is 0. The van der Waals surface area contributed by atoms with Gasteiger partial charge in [0.2, 0.25) is 0 Å². The van der Waals surface area contributed by atoms with Gasteiger partial charge in [0.05, 0.1) is 0 Å². The molecule has 1 amide bonds. The van der Waals surface area contributed by atoms with Crippen molar-refractivity contribution in [3.63, 3.8) is 0 Å². The Kier molecular flexibility index (Phi) is 6.31. The van der Waals surface area contributed by atoms with Gasteiger partial charge in [-0.1, -0.05) is 20.3 Å². The summed E-state index contributed by atoms with van der Waals surface area (Å²) in [6.45, 7) is 15.1. The molecule has 1 saturated heterocycles. The van der Waals surface area contributed by atoms with E-state index in [2.05, 4.69) is 26.1 Å². The monoisotopic (exact) mass is 284 g/mol. The van der Waals surface area contributed by atoms with Crippen LogP contribution in [0.25, 0.3) is 0 Å². The standard InChI is InChI=1S/C16H32N2O2/c1-7-12(2)13(3)17-10-14-8-9-18(11-14)15(19)20-16(4,5)6/h12-14,17H,7-11H2,1-6H3. The van der Waals surface area contributed by atoms with Crippen molar-refractivity contribution in [2.24, 2.45) is 11.8 Å². The SMILES string of the molecule is CCC(C)C(C)NCC1CCN(C(=O)OC(C)(C)C)C1. The fraction of sp³-hybridized carbons (Fsp3) is 0.938. The minimum atomic E-state index is -0.404. The van der Waals surface area contributed by atoms with E-state index in [4.69, 9.17) is 4.74 Å². The van der Waals surface area contributed by atoms with E-state index in [0.717, 1.165) is 26.1 Å². The number of carbonyl (C=O) groups excluding carboxylic acids is 1. The molecule has 118 valence electrons. The molecule has 1 N–H and O–H groups in total. The van der Waals surface area contributed by atoms with Crippen LogP contribution in [0.15, 0.2) is 0 Å². The summed E-state index contributed by atoms with van der Waals surface area (Å²) in [7, 11) is 0. The molecule has 0 radical (unpaired) electrons. The van der Waals surface area contributed by atoms with Gasteiger partial charge in [0.25, 0.3) is 0 Å². The molecule has 1 fully saturated rings. The fourth-order valence-corrected chi connectivity index (χ4v) is 2.40. The van der Waals surface area contributed by atoms with Crippen molar-refractivity contribution in [2.75, 3.05) is 19.6 Å². The first kappa shape index (κ1) is 17.3. The number of ether oxygens (including phenoxy) is 1. The number of hydrogen-bond acceptors (Lipinski definition) is 3. The largest absolute Gasteiger partial charge is 0.444 e. The molecule has 0 spiro atoms. The lowest BCUT2D eigenvalue weighted by molar-refractivity contribution is 0.0288. The van der Waals surface area contributed by atoms with Gasteiger partial charge in [-0.05, 0) is 52.5 Å². The number of nitrogens with zero attached hydrogens (tertiary/aromatic N) is 1. The Hall–Kier alpha value is -0.770. The lowest BCUT2D eigenvalue weighted by Gasteiger charge is -2.25. The highest BCUT2D eigenvalue weighted by atomic mass is 16.6. The zero-order valence-electron chi connectivity index (χ0n) is 14.0. The molecular weight excluding hydrogens is 252 g/mol. The van der Waals surface area contributed by atoms with E-state index in [1.54, 1.807) is 0 Å². The molecule has 0 aromatic carbocycles. The van der Waals surface area contributed by atoms with Gasteiger partial charge in [-0.25, -0.2) is 4.79 Å². The third-order valence-electron chi connectivity index (χ3n) is 4.16. The molecule has 20 heavy (non-hydrogen) atoms. The van der Waals surface area contributed by atoms with E-state index in [9.17, 15) is 4.79 Å². The van der Waals surface area contributed by atoms with Crippen molar-refractivity contribution in [3.8, 4) is 0 Å². The Morgan fingerprint density at radius 1 is 1.40 bits per heavy atom. The van der Waals surface area contributed by atoms with Crippen LogP contribution >= 0.6 is 0 Å². The topological polar surface area (TPSA) is 41.6 Å². The lowest BCUT2D eigenvalue weighted by Crippen LogP contribution is -2.38. The van der Waals surface area contributed by atoms with Gasteiger partial charge in [-0.2, -0.15) is 0 Å². The lowest BCUT2D eigenvalue weighted by atomic mass is 10.00. The number of rotatable bonds is 5. The Labute approximate surface area is 124 Å². The van der Waals surface area contributed by atoms with Crippen LogP contribution in [0.2, 0.25) is 0 Å². The van der Waals surface area contributed by atoms with Crippen LogP contribution in [0.5, 0.6) is 0 Å². The van der Waals surface area contributed by atoms with Crippen LogP contribution in [0, 0.1) is 11.8 Å². The molecule has 0 aliphatic carbocycles. The van der Waals surface area contributed by atoms with Crippen molar-refractivity contribution < 1.29 is 9.53 Å². The van der Waals surface area contributed by atoms with Gasteiger partial charge in [0, 0.05) is 19.1 Å². The van der Waals surface area contributed by atoms with Gasteiger partial charge in [0.15, 0.2) is 0 Å². The van der Waals surface area contributed by atoms with Crippen molar-refractivity contribution >= 4 is 6.09 Å². The maximum Gasteiger partial charge on any atom is 0.410 e. The maximum atomic E-state index is 12.0. The van der Waals surface area contributed by atoms with Crippen LogP contribution in [0.3, 0.4) is 0 Å². The molecular formula is C16H32N2O2. The van der Waals surface area contributed by atoms with Crippen molar-refractivity contribution in [1.82, 2.24) is 10.2 Å². The van der Waals surface area contributed by atoms with Crippen LogP contribution in [-0.4, -0.2) is 42.3 Å². The molecule has 0 bridgehead atoms. The van der Waals surface area contributed by atoms with E-state index in [0.29, 0.717) is 17.9 Å². The summed E-state index contributed by atoms with van der Waals surface area (Å²) in [5.74, 6) is 1.24. The summed E-state index contributed by atoms with van der Waals surface area (Å²) in [5.41, 5.74) is -0.404. The average Bonchev–Trinajstić information content (AvgIpc) is 2.81. The minimum absolute atomic E-state index is 0.171. The number of nitrogens with one attached hydrogen (secondary N) is 1. The van der Waals surface area contributed by atoms with Gasteiger partial charge >= 0.3 is 6.09 Å². The van der Waals surface area contributed by atoms with E-state index >= 15 is 0 Å². The van der Waals surface area contributed by atoms with Gasteiger partial charge in [-0.15, -0.1) is 0 Å². The molecule has 4 heteroatoms. The molecule has 1 heterocycles. The zero-order chi connectivity index (χ0) is 15.3. The van der Waals surface area contributed by atoms with Crippen LogP contribution in [-0.2, 0) is 4.74 Å². The molecule has 1 aliphatic heterocycles. The number of hydrogen-bond donors (Lipinski definition) is 1. The first-order chi connectivity index (χ1) is 9.23. The summed E-state index contributed by atoms with van der Waals surface area (Å²) in [6.07, 6.45) is 2.09. The Morgan fingerprint density at radius 2 is 2.05 bits per heavy atom. The highest BCUT2D eigenvalue weighted by Gasteiger charge is 2.29. The Balaban J connectivity index is 2.31. The number of amides is 1. The van der Waals surface area contributed by atoms with E-state index in [1.807, 2.05) is 25.7 Å². The first-order valence-corrected chi connectivity index (χ1v) is 7.94. The van der Waals surface area contributed by atoms with Crippen molar-refractivity contribution in [2.45, 2.75) is 66.0 Å². The third kappa shape index (κ3) is 5.70. The molecule has 3 atom stereocenters. The van der Waals surface area contributed by atoms with Gasteiger partial charge < -0.3 is 15.0 Å². The molecule has 0 saturated carbocycles. The molecule has 4 nitrogen and oxygen atoms in total. The van der Waals surface area contributed by atoms with Gasteiger partial charge in [-0.3, -0.25) is 0 Å². The molecule has 0 aromatic heterocycles. The predicted octanol–water partition coefficient (Wildman–Crippen LogP) is 3.27. The smallest absolute Gasteiger partial charge is 0.410 e. The van der Waals surface area contributed by atoms with Crippen molar-refractivity contribution in [3.05, 3.63) is 0 Å². The van der Waals surface area contributed by atoms with E-state index in [-0.39, 0.29) is 6.09 Å². The average molecular weight is 284 g/mol. The van der Waals surface area contributed by atoms with Crippen molar-refractivity contribution in [1.29, 1.82) is 0 Å². The predicted molar refractivity (Wildman–Crippen MR) is 82.8 cm³/mol. The molecule has 1 aliphatic rings. The number of carbonyl (C=O) groups is 1. The highest BCUT2D eigenvalue weighted by Crippen LogP contribution is 2.19. The van der Waals surface area contributed by atoms with Crippen LogP contribution in [0.1, 0.15) is 54.4 Å². The second kappa shape index (κ2) is 7.30. The van der Waals surface area contributed by atoms with E-state index in [1.165, 1.54) is 6.42 Å². The second-order valence-corrected chi connectivity index (χ2v) is 7.16. The summed E-state index contributed by atoms with van der Waals surface area (Å²) in [4.78, 5) is 13.8. The van der Waals surface area contributed by atoms with Gasteiger partial charge in [0.1, 0.15) is 5.60 Å². The van der Waals surface area contributed by atoms with Crippen LogP contribution < -0.4 is 5.32 Å².